The molecule has 0 amide bonds. The molecule has 11 heteroatoms. The maximum Gasteiger partial charge on any atom is 0.416 e. The van der Waals surface area contributed by atoms with Crippen LogP contribution >= 0.6 is 23.4 Å². The summed E-state index contributed by atoms with van der Waals surface area (Å²) in [7, 11) is 2.97. The summed E-state index contributed by atoms with van der Waals surface area (Å²) in [6.45, 7) is 0. The molecule has 0 bridgehead atoms. The van der Waals surface area contributed by atoms with Crippen LogP contribution in [-0.2, 0) is 6.18 Å². The molecule has 0 saturated carbocycles. The van der Waals surface area contributed by atoms with Crippen LogP contribution in [0.25, 0.3) is 17.1 Å². The zero-order valence-electron chi connectivity index (χ0n) is 19.0. The maximum atomic E-state index is 13.5. The van der Waals surface area contributed by atoms with E-state index in [9.17, 15) is 18.0 Å². The first-order valence-electron chi connectivity index (χ1n) is 10.5. The van der Waals surface area contributed by atoms with E-state index in [2.05, 4.69) is 10.2 Å². The molecule has 0 atom stereocenters. The van der Waals surface area contributed by atoms with Crippen molar-refractivity contribution in [2.24, 2.45) is 0 Å². The number of halogens is 4. The summed E-state index contributed by atoms with van der Waals surface area (Å²) >= 11 is 6.95. The van der Waals surface area contributed by atoms with Gasteiger partial charge in [0.2, 0.25) is 0 Å². The first kappa shape index (κ1) is 25.6. The summed E-state index contributed by atoms with van der Waals surface area (Å²) in [5, 5.41) is 9.18. The van der Waals surface area contributed by atoms with Gasteiger partial charge in [0.05, 0.1) is 31.2 Å². The van der Waals surface area contributed by atoms with Crippen LogP contribution in [0.15, 0.2) is 71.9 Å². The predicted molar refractivity (Wildman–Crippen MR) is 131 cm³/mol. The van der Waals surface area contributed by atoms with Gasteiger partial charge in [-0.15, -0.1) is 10.2 Å². The van der Waals surface area contributed by atoms with Crippen LogP contribution in [0.5, 0.6) is 11.5 Å². The second-order valence-corrected chi connectivity index (χ2v) is 8.86. The van der Waals surface area contributed by atoms with Crippen LogP contribution in [0.3, 0.4) is 0 Å². The lowest BCUT2D eigenvalue weighted by Crippen LogP contribution is -2.08. The Morgan fingerprint density at radius 3 is 2.36 bits per heavy atom. The topological polar surface area (TPSA) is 66.2 Å². The number of carbonyl (C=O) groups is 1. The summed E-state index contributed by atoms with van der Waals surface area (Å²) in [5.41, 5.74) is 0.367. The molecule has 0 unspecified atom stereocenters. The molecular weight excluding hydrogens is 515 g/mol. The third-order valence-electron chi connectivity index (χ3n) is 5.21. The van der Waals surface area contributed by atoms with Crippen LogP contribution < -0.4 is 9.47 Å². The van der Waals surface area contributed by atoms with Crippen LogP contribution in [-0.4, -0.2) is 40.5 Å². The van der Waals surface area contributed by atoms with Gasteiger partial charge in [0.15, 0.2) is 28.3 Å². The average Bonchev–Trinajstić information content (AvgIpc) is 3.30. The van der Waals surface area contributed by atoms with Crippen molar-refractivity contribution in [3.05, 3.63) is 82.9 Å². The van der Waals surface area contributed by atoms with Crippen LogP contribution in [0, 0.1) is 0 Å². The van der Waals surface area contributed by atoms with Crippen molar-refractivity contribution in [2.45, 2.75) is 11.3 Å². The molecule has 1 aromatic heterocycles. The van der Waals surface area contributed by atoms with Crippen molar-refractivity contribution < 1.29 is 27.4 Å². The molecule has 0 N–H and O–H groups in total. The lowest BCUT2D eigenvalue weighted by Gasteiger charge is -2.14. The fourth-order valence-corrected chi connectivity index (χ4v) is 4.40. The highest BCUT2D eigenvalue weighted by atomic mass is 35.5. The third kappa shape index (κ3) is 5.50. The molecule has 0 fully saturated rings. The van der Waals surface area contributed by atoms with E-state index in [1.165, 1.54) is 30.9 Å². The number of carbonyl (C=O) groups excluding carboxylic acids is 1. The lowest BCUT2D eigenvalue weighted by atomic mass is 10.1. The Kier molecular flexibility index (Phi) is 7.56. The minimum atomic E-state index is -4.54. The van der Waals surface area contributed by atoms with Crippen molar-refractivity contribution in [3.8, 4) is 28.6 Å². The van der Waals surface area contributed by atoms with Gasteiger partial charge < -0.3 is 9.47 Å². The lowest BCUT2D eigenvalue weighted by molar-refractivity contribution is -0.137. The molecule has 4 rings (SSSR count). The average molecular weight is 534 g/mol. The molecule has 36 heavy (non-hydrogen) atoms. The Balaban J connectivity index is 1.76. The van der Waals surface area contributed by atoms with Gasteiger partial charge in [-0.05, 0) is 60.7 Å². The van der Waals surface area contributed by atoms with Gasteiger partial charge in [-0.1, -0.05) is 29.4 Å². The minimum Gasteiger partial charge on any atom is -0.493 e. The van der Waals surface area contributed by atoms with Gasteiger partial charge in [-0.2, -0.15) is 13.2 Å². The standard InChI is InChI=1S/C25H19ClF3N3O3S/c1-34-21-11-8-16(12-22(21)35-2)23-30-31-24(36-14-20(33)15-6-9-18(26)10-7-15)32(23)19-5-3-4-17(13-19)25(27,28)29/h3-13H,14H2,1-2H3. The number of hydrogen-bond donors (Lipinski definition) is 0. The monoisotopic (exact) mass is 533 g/mol. The second kappa shape index (κ2) is 10.6. The number of hydrogen-bond acceptors (Lipinski definition) is 6. The third-order valence-corrected chi connectivity index (χ3v) is 6.39. The van der Waals surface area contributed by atoms with Gasteiger partial charge in [-0.3, -0.25) is 9.36 Å². The number of ether oxygens (including phenoxy) is 2. The zero-order chi connectivity index (χ0) is 25.9. The van der Waals surface area contributed by atoms with E-state index < -0.39 is 11.7 Å². The number of ketones is 1. The van der Waals surface area contributed by atoms with E-state index in [4.69, 9.17) is 21.1 Å². The summed E-state index contributed by atoms with van der Waals surface area (Å²) < 4.78 is 52.5. The summed E-state index contributed by atoms with van der Waals surface area (Å²) in [5.74, 6) is 0.972. The molecule has 186 valence electrons. The molecule has 0 spiro atoms. The number of aromatic nitrogens is 3. The number of rotatable bonds is 8. The first-order chi connectivity index (χ1) is 17.2. The number of thioether (sulfide) groups is 1. The largest absolute Gasteiger partial charge is 0.493 e. The number of nitrogens with zero attached hydrogens (tertiary/aromatic N) is 3. The Hall–Kier alpha value is -3.50. The first-order valence-corrected chi connectivity index (χ1v) is 11.8. The van der Waals surface area contributed by atoms with E-state index in [-0.39, 0.29) is 28.2 Å². The van der Waals surface area contributed by atoms with Gasteiger partial charge in [0.1, 0.15) is 0 Å². The van der Waals surface area contributed by atoms with Crippen molar-refractivity contribution in [1.29, 1.82) is 0 Å². The van der Waals surface area contributed by atoms with E-state index in [1.807, 2.05) is 0 Å². The van der Waals surface area contributed by atoms with Crippen molar-refractivity contribution in [1.82, 2.24) is 14.8 Å². The van der Waals surface area contributed by atoms with E-state index in [0.29, 0.717) is 27.6 Å². The van der Waals surface area contributed by atoms with E-state index in [1.54, 1.807) is 42.5 Å². The van der Waals surface area contributed by atoms with Crippen molar-refractivity contribution in [3.63, 3.8) is 0 Å². The molecule has 0 aliphatic heterocycles. The molecule has 0 aliphatic rings. The van der Waals surface area contributed by atoms with Gasteiger partial charge in [0.25, 0.3) is 0 Å². The Labute approximate surface area is 214 Å². The Morgan fingerprint density at radius 2 is 1.69 bits per heavy atom. The summed E-state index contributed by atoms with van der Waals surface area (Å²) in [4.78, 5) is 12.7. The molecule has 0 radical (unpaired) electrons. The summed E-state index contributed by atoms with van der Waals surface area (Å²) in [6.07, 6.45) is -4.54. The van der Waals surface area contributed by atoms with Crippen molar-refractivity contribution >= 4 is 29.1 Å². The minimum absolute atomic E-state index is 0.00926. The number of alkyl halides is 3. The Morgan fingerprint density at radius 1 is 0.972 bits per heavy atom. The number of Topliss-reactive ketones (excluding diaryl/α,β-unsaturated/α-hetero) is 1. The Bertz CT molecular complexity index is 1390. The van der Waals surface area contributed by atoms with Gasteiger partial charge in [0, 0.05) is 16.1 Å². The van der Waals surface area contributed by atoms with Crippen LogP contribution in [0.2, 0.25) is 5.02 Å². The molecular formula is C25H19ClF3N3O3S. The number of benzene rings is 3. The molecule has 6 nitrogen and oxygen atoms in total. The maximum absolute atomic E-state index is 13.5. The van der Waals surface area contributed by atoms with E-state index >= 15 is 0 Å². The fourth-order valence-electron chi connectivity index (χ4n) is 3.43. The molecule has 1 heterocycles. The molecule has 4 aromatic rings. The predicted octanol–water partition coefficient (Wildman–Crippen LogP) is 6.60. The highest BCUT2D eigenvalue weighted by Gasteiger charge is 2.31. The molecule has 0 aliphatic carbocycles. The molecule has 3 aromatic carbocycles. The normalized spacial score (nSPS) is 11.4. The quantitative estimate of drug-likeness (QED) is 0.188. The van der Waals surface area contributed by atoms with Crippen molar-refractivity contribution in [2.75, 3.05) is 20.0 Å². The highest BCUT2D eigenvalue weighted by molar-refractivity contribution is 7.99. The smallest absolute Gasteiger partial charge is 0.416 e. The SMILES string of the molecule is COc1ccc(-c2nnc(SCC(=O)c3ccc(Cl)cc3)n2-c2cccc(C(F)(F)F)c2)cc1OC. The number of methoxy groups -OCH3 is 2. The summed E-state index contributed by atoms with van der Waals surface area (Å²) in [6, 6.07) is 16.3. The second-order valence-electron chi connectivity index (χ2n) is 7.48. The van der Waals surface area contributed by atoms with Crippen LogP contribution in [0.1, 0.15) is 15.9 Å². The van der Waals surface area contributed by atoms with Gasteiger partial charge >= 0.3 is 6.18 Å². The van der Waals surface area contributed by atoms with Gasteiger partial charge in [-0.25, -0.2) is 0 Å². The molecule has 0 saturated heterocycles. The highest BCUT2D eigenvalue weighted by Crippen LogP contribution is 2.36. The zero-order valence-corrected chi connectivity index (χ0v) is 20.6. The van der Waals surface area contributed by atoms with E-state index in [0.717, 1.165) is 23.9 Å². The van der Waals surface area contributed by atoms with Crippen LogP contribution in [0.4, 0.5) is 13.2 Å². The fraction of sp³-hybridized carbons (Fsp3) is 0.160.